The molecule has 1 unspecified atom stereocenters. The number of hydrogen-bond acceptors (Lipinski definition) is 4. The van der Waals surface area contributed by atoms with Gasteiger partial charge in [0, 0.05) is 38.3 Å². The van der Waals surface area contributed by atoms with E-state index in [4.69, 9.17) is 0 Å². The summed E-state index contributed by atoms with van der Waals surface area (Å²) in [6.45, 7) is 2.03. The zero-order valence-electron chi connectivity index (χ0n) is 11.9. The summed E-state index contributed by atoms with van der Waals surface area (Å²) in [5.41, 5.74) is 0. The van der Waals surface area contributed by atoms with Gasteiger partial charge in [-0.15, -0.1) is 0 Å². The van der Waals surface area contributed by atoms with Gasteiger partial charge >= 0.3 is 0 Å². The molecule has 3 rings (SSSR count). The van der Waals surface area contributed by atoms with Crippen molar-refractivity contribution in [3.63, 3.8) is 0 Å². The molecule has 0 bridgehead atoms. The summed E-state index contributed by atoms with van der Waals surface area (Å²) in [4.78, 5) is 4.36. The molecule has 1 aromatic rings. The number of nitrogens with one attached hydrogen (secondary N) is 1. The molecule has 1 N–H and O–H groups in total. The fourth-order valence-corrected chi connectivity index (χ4v) is 4.53. The van der Waals surface area contributed by atoms with Gasteiger partial charge in [-0.2, -0.15) is 4.31 Å². The molecule has 2 aliphatic rings. The molecule has 1 fully saturated rings. The van der Waals surface area contributed by atoms with E-state index in [0.29, 0.717) is 13.1 Å². The molecule has 3 heterocycles. The second kappa shape index (κ2) is 5.46. The first kappa shape index (κ1) is 14.0. The number of aromatic nitrogens is 2. The molecule has 112 valence electrons. The van der Waals surface area contributed by atoms with E-state index >= 15 is 0 Å². The van der Waals surface area contributed by atoms with Crippen molar-refractivity contribution in [3.8, 4) is 0 Å². The van der Waals surface area contributed by atoms with Crippen molar-refractivity contribution in [1.82, 2.24) is 19.2 Å². The summed E-state index contributed by atoms with van der Waals surface area (Å²) in [6, 6.07) is 0.246. The van der Waals surface area contributed by atoms with Crippen molar-refractivity contribution in [2.24, 2.45) is 0 Å². The average molecular weight is 298 g/mol. The highest BCUT2D eigenvalue weighted by atomic mass is 32.2. The van der Waals surface area contributed by atoms with Crippen LogP contribution in [0, 0.1) is 0 Å². The quantitative estimate of drug-likeness (QED) is 0.887. The van der Waals surface area contributed by atoms with Crippen molar-refractivity contribution in [1.29, 1.82) is 0 Å². The highest BCUT2D eigenvalue weighted by Crippen LogP contribution is 2.22. The summed E-state index contributed by atoms with van der Waals surface area (Å²) < 4.78 is 28.9. The van der Waals surface area contributed by atoms with Gasteiger partial charge in [0.05, 0.1) is 0 Å². The highest BCUT2D eigenvalue weighted by molar-refractivity contribution is 7.89. The molecule has 0 saturated carbocycles. The second-order valence-corrected chi connectivity index (χ2v) is 7.52. The molecule has 20 heavy (non-hydrogen) atoms. The topological polar surface area (TPSA) is 67.2 Å². The first-order chi connectivity index (χ1) is 9.61. The first-order valence-electron chi connectivity index (χ1n) is 7.35. The van der Waals surface area contributed by atoms with Crippen molar-refractivity contribution < 1.29 is 8.42 Å². The van der Waals surface area contributed by atoms with Crippen LogP contribution in [-0.4, -0.2) is 48.5 Å². The van der Waals surface area contributed by atoms with Crippen LogP contribution in [0.5, 0.6) is 0 Å². The molecule has 2 aliphatic heterocycles. The van der Waals surface area contributed by atoms with Crippen LogP contribution in [0.1, 0.15) is 31.5 Å². The zero-order chi connectivity index (χ0) is 14.2. The minimum absolute atomic E-state index is 0.228. The minimum Gasteiger partial charge on any atom is -0.333 e. The molecule has 0 radical (unpaired) electrons. The summed E-state index contributed by atoms with van der Waals surface area (Å²) in [7, 11) is -1.55. The smallest absolute Gasteiger partial charge is 0.262 e. The normalized spacial score (nSPS) is 24.6. The Morgan fingerprint density at radius 2 is 2.15 bits per heavy atom. The lowest BCUT2D eigenvalue weighted by Crippen LogP contribution is -2.46. The van der Waals surface area contributed by atoms with Gasteiger partial charge in [-0.05, 0) is 32.7 Å². The Balaban J connectivity index is 1.85. The van der Waals surface area contributed by atoms with Gasteiger partial charge in [-0.25, -0.2) is 13.4 Å². The lowest BCUT2D eigenvalue weighted by molar-refractivity contribution is 0.292. The van der Waals surface area contributed by atoms with E-state index in [1.807, 2.05) is 11.6 Å². The van der Waals surface area contributed by atoms with Gasteiger partial charge in [-0.3, -0.25) is 0 Å². The Kier molecular flexibility index (Phi) is 3.83. The molecule has 1 saturated heterocycles. The van der Waals surface area contributed by atoms with Crippen molar-refractivity contribution >= 4 is 10.0 Å². The monoisotopic (exact) mass is 298 g/mol. The first-order valence-corrected chi connectivity index (χ1v) is 8.79. The molecular weight excluding hydrogens is 276 g/mol. The predicted molar refractivity (Wildman–Crippen MR) is 76.0 cm³/mol. The number of sulfonamides is 1. The van der Waals surface area contributed by atoms with Gasteiger partial charge in [-0.1, -0.05) is 0 Å². The standard InChI is InChI=1S/C13H22N4O2S/c1-14-11-5-4-8-17(9-11)20(18,19)13-10-16-7-3-2-6-12(16)15-13/h10-11,14H,2-9H2,1H3. The zero-order valence-corrected chi connectivity index (χ0v) is 12.7. The van der Waals surface area contributed by atoms with Crippen LogP contribution in [0.25, 0.3) is 0 Å². The summed E-state index contributed by atoms with van der Waals surface area (Å²) in [6.07, 6.45) is 6.73. The maximum Gasteiger partial charge on any atom is 0.262 e. The molecule has 6 nitrogen and oxygen atoms in total. The lowest BCUT2D eigenvalue weighted by atomic mass is 10.1. The highest BCUT2D eigenvalue weighted by Gasteiger charge is 2.32. The molecule has 0 spiro atoms. The third-order valence-corrected chi connectivity index (χ3v) is 6.02. The number of aryl methyl sites for hydroxylation is 2. The summed E-state index contributed by atoms with van der Waals surface area (Å²) >= 11 is 0. The van der Waals surface area contributed by atoms with E-state index in [9.17, 15) is 8.42 Å². The van der Waals surface area contributed by atoms with Gasteiger partial charge in [0.25, 0.3) is 10.0 Å². The van der Waals surface area contributed by atoms with E-state index in [1.54, 1.807) is 10.5 Å². The largest absolute Gasteiger partial charge is 0.333 e. The van der Waals surface area contributed by atoms with Crippen molar-refractivity contribution in [2.45, 2.75) is 49.7 Å². The summed E-state index contributed by atoms with van der Waals surface area (Å²) in [5, 5.41) is 3.40. The molecule has 0 aromatic carbocycles. The average Bonchev–Trinajstić information content (AvgIpc) is 2.92. The van der Waals surface area contributed by atoms with Gasteiger partial charge in [0.1, 0.15) is 5.82 Å². The number of fused-ring (bicyclic) bond motifs is 1. The lowest BCUT2D eigenvalue weighted by Gasteiger charge is -2.31. The van der Waals surface area contributed by atoms with E-state index in [1.165, 1.54) is 0 Å². The van der Waals surface area contributed by atoms with Gasteiger partial charge in [0.2, 0.25) is 0 Å². The number of likely N-dealkylation sites (N-methyl/N-ethyl adjacent to an activating group) is 1. The molecule has 0 amide bonds. The van der Waals surface area contributed by atoms with Gasteiger partial charge in [0.15, 0.2) is 5.03 Å². The summed E-state index contributed by atoms with van der Waals surface area (Å²) in [5.74, 6) is 0.914. The van der Waals surface area contributed by atoms with Crippen molar-refractivity contribution in [2.75, 3.05) is 20.1 Å². The Morgan fingerprint density at radius 3 is 2.90 bits per heavy atom. The molecule has 7 heteroatoms. The van der Waals surface area contributed by atoms with E-state index < -0.39 is 10.0 Å². The number of imidazole rings is 1. The van der Waals surface area contributed by atoms with Gasteiger partial charge < -0.3 is 9.88 Å². The Morgan fingerprint density at radius 1 is 1.30 bits per heavy atom. The third kappa shape index (κ3) is 2.49. The number of nitrogens with zero attached hydrogens (tertiary/aromatic N) is 3. The van der Waals surface area contributed by atoms with Crippen LogP contribution in [0.4, 0.5) is 0 Å². The Hall–Kier alpha value is -0.920. The van der Waals surface area contributed by atoms with Crippen LogP contribution in [0.15, 0.2) is 11.2 Å². The van der Waals surface area contributed by atoms with E-state index in [-0.39, 0.29) is 11.1 Å². The number of hydrogen-bond donors (Lipinski definition) is 1. The molecule has 1 atom stereocenters. The Labute approximate surface area is 120 Å². The molecular formula is C13H22N4O2S. The number of rotatable bonds is 3. The molecule has 0 aliphatic carbocycles. The predicted octanol–water partition coefficient (Wildman–Crippen LogP) is 0.592. The van der Waals surface area contributed by atoms with E-state index in [2.05, 4.69) is 10.3 Å². The van der Waals surface area contributed by atoms with Crippen LogP contribution in [0.3, 0.4) is 0 Å². The maximum absolute atomic E-state index is 12.7. The minimum atomic E-state index is -3.44. The van der Waals surface area contributed by atoms with E-state index in [0.717, 1.165) is 44.5 Å². The van der Waals surface area contributed by atoms with Crippen LogP contribution in [0.2, 0.25) is 0 Å². The second-order valence-electron chi connectivity index (χ2n) is 5.64. The van der Waals surface area contributed by atoms with Crippen LogP contribution >= 0.6 is 0 Å². The molecule has 1 aromatic heterocycles. The Bertz CT molecular complexity index is 558. The van der Waals surface area contributed by atoms with Crippen LogP contribution < -0.4 is 5.32 Å². The fourth-order valence-electron chi connectivity index (χ4n) is 3.04. The number of piperidine rings is 1. The SMILES string of the molecule is CNC1CCCN(S(=O)(=O)c2cn3c(n2)CCCC3)C1. The van der Waals surface area contributed by atoms with Crippen LogP contribution in [-0.2, 0) is 23.0 Å². The van der Waals surface area contributed by atoms with Crippen molar-refractivity contribution in [3.05, 3.63) is 12.0 Å². The maximum atomic E-state index is 12.7. The third-order valence-electron chi connectivity index (χ3n) is 4.28. The fraction of sp³-hybridized carbons (Fsp3) is 0.769.